The molecule has 2 fully saturated rings. The molecule has 2 aliphatic heterocycles. The lowest BCUT2D eigenvalue weighted by Gasteiger charge is -2.40. The Balaban J connectivity index is 1.19. The number of carbonyl (C=O) groups excluding carboxylic acids is 2. The van der Waals surface area contributed by atoms with Crippen molar-refractivity contribution < 1.29 is 28.6 Å². The highest BCUT2D eigenvalue weighted by molar-refractivity contribution is 6.42. The number of ketones is 1. The maximum atomic E-state index is 15.1. The molecule has 0 bridgehead atoms. The summed E-state index contributed by atoms with van der Waals surface area (Å²) >= 11 is 0. The van der Waals surface area contributed by atoms with E-state index >= 15 is 4.39 Å². The van der Waals surface area contributed by atoms with Crippen LogP contribution in [0.5, 0.6) is 0 Å². The molecule has 2 aromatic carbocycles. The third kappa shape index (κ3) is 5.96. The second-order valence-electron chi connectivity index (χ2n) is 12.5. The van der Waals surface area contributed by atoms with Gasteiger partial charge in [-0.15, -0.1) is 0 Å². The molecule has 1 aromatic heterocycles. The number of halogens is 1. The molecule has 3 heterocycles. The van der Waals surface area contributed by atoms with Crippen LogP contribution in [0.4, 0.5) is 4.39 Å². The number of aromatic nitrogens is 1. The Bertz CT molecular complexity index is 1620. The molecule has 3 aromatic rings. The highest BCUT2D eigenvalue weighted by atomic mass is 19.1. The Morgan fingerprint density at radius 1 is 1.05 bits per heavy atom. The first-order chi connectivity index (χ1) is 21.1. The van der Waals surface area contributed by atoms with Crippen molar-refractivity contribution in [1.29, 1.82) is 0 Å². The lowest BCUT2D eigenvalue weighted by atomic mass is 9.84. The second kappa shape index (κ2) is 12.3. The number of carbonyl (C=O) groups is 2. The molecule has 2 N–H and O–H groups in total. The number of aliphatic hydroxyl groups excluding tert-OH is 1. The standard InChI is InChI=1S/C35H40FN3O5/c1-22(2)39-15-12-24-8-11-26(19-30(24)39)23-6-9-25(10-7-23)32(41)34(42)37-29(21-38-13-4-5-14-38)31(40)27-18-28(36)33-35(3,20-27)44-17-16-43-33/h6-12,15,18-19,22,29,31,40H,4-5,13-14,16-17,20-21H2,1-3H3,(H,37,42)/t29?,31-,35?/m1/s1. The van der Waals surface area contributed by atoms with Crippen LogP contribution in [-0.2, 0) is 14.3 Å². The van der Waals surface area contributed by atoms with E-state index in [0.717, 1.165) is 48.0 Å². The van der Waals surface area contributed by atoms with Gasteiger partial charge < -0.3 is 29.4 Å². The van der Waals surface area contributed by atoms with E-state index < -0.39 is 35.3 Å². The molecule has 9 heteroatoms. The summed E-state index contributed by atoms with van der Waals surface area (Å²) < 4.78 is 28.7. The normalized spacial score (nSPS) is 22.0. The minimum Gasteiger partial charge on any atom is -0.489 e. The summed E-state index contributed by atoms with van der Waals surface area (Å²) in [5, 5.41) is 15.4. The minimum absolute atomic E-state index is 0.132. The maximum absolute atomic E-state index is 15.1. The van der Waals surface area contributed by atoms with Gasteiger partial charge in [0.25, 0.3) is 5.91 Å². The van der Waals surface area contributed by atoms with Crippen LogP contribution in [0.1, 0.15) is 56.4 Å². The molecule has 1 aliphatic carbocycles. The van der Waals surface area contributed by atoms with Crippen molar-refractivity contribution in [2.75, 3.05) is 32.8 Å². The number of likely N-dealkylation sites (tertiary alicyclic amines) is 1. The Labute approximate surface area is 257 Å². The summed E-state index contributed by atoms with van der Waals surface area (Å²) in [6, 6.07) is 14.9. The van der Waals surface area contributed by atoms with E-state index in [1.165, 1.54) is 6.08 Å². The number of nitrogens with zero attached hydrogens (tertiary/aromatic N) is 2. The first kappa shape index (κ1) is 30.2. The molecule has 3 atom stereocenters. The second-order valence-corrected chi connectivity index (χ2v) is 12.5. The molecular weight excluding hydrogens is 561 g/mol. The number of ether oxygens (including phenoxy) is 2. The van der Waals surface area contributed by atoms with E-state index in [1.807, 2.05) is 18.2 Å². The van der Waals surface area contributed by atoms with Crippen molar-refractivity contribution in [2.24, 2.45) is 0 Å². The van der Waals surface area contributed by atoms with E-state index in [4.69, 9.17) is 9.47 Å². The van der Waals surface area contributed by atoms with Crippen LogP contribution in [-0.4, -0.2) is 76.9 Å². The van der Waals surface area contributed by atoms with Crippen molar-refractivity contribution in [2.45, 2.75) is 63.8 Å². The molecule has 0 saturated carbocycles. The molecule has 0 radical (unpaired) electrons. The molecule has 3 aliphatic rings. The molecule has 2 unspecified atom stereocenters. The molecule has 8 nitrogen and oxygen atoms in total. The summed E-state index contributed by atoms with van der Waals surface area (Å²) in [7, 11) is 0. The number of amides is 1. The van der Waals surface area contributed by atoms with Gasteiger partial charge in [0.05, 0.1) is 18.8 Å². The average molecular weight is 602 g/mol. The zero-order valence-corrected chi connectivity index (χ0v) is 25.5. The van der Waals surface area contributed by atoms with Gasteiger partial charge in [-0.05, 0) is 87.0 Å². The zero-order chi connectivity index (χ0) is 31.0. The molecule has 2 saturated heterocycles. The van der Waals surface area contributed by atoms with E-state index in [2.05, 4.69) is 53.0 Å². The topological polar surface area (TPSA) is 93.0 Å². The van der Waals surface area contributed by atoms with Crippen LogP contribution >= 0.6 is 0 Å². The highest BCUT2D eigenvalue weighted by Gasteiger charge is 2.43. The van der Waals surface area contributed by atoms with Crippen molar-refractivity contribution in [3.05, 3.63) is 83.5 Å². The maximum Gasteiger partial charge on any atom is 0.292 e. The molecule has 6 rings (SSSR count). The van der Waals surface area contributed by atoms with Gasteiger partial charge in [-0.1, -0.05) is 36.4 Å². The van der Waals surface area contributed by atoms with Gasteiger partial charge in [0, 0.05) is 36.3 Å². The number of hydrogen-bond acceptors (Lipinski definition) is 6. The molecule has 232 valence electrons. The fourth-order valence-electron chi connectivity index (χ4n) is 6.62. The molecule has 44 heavy (non-hydrogen) atoms. The molecule has 1 amide bonds. The third-order valence-corrected chi connectivity index (χ3v) is 9.00. The smallest absolute Gasteiger partial charge is 0.292 e. The first-order valence-corrected chi connectivity index (χ1v) is 15.5. The Hall–Kier alpha value is -3.79. The van der Waals surface area contributed by atoms with Crippen molar-refractivity contribution in [1.82, 2.24) is 14.8 Å². The number of nitrogens with one attached hydrogen (secondary N) is 1. The lowest BCUT2D eigenvalue weighted by Crippen LogP contribution is -2.53. The fraction of sp³-hybridized carbons (Fsp3) is 0.429. The molecular formula is C35H40FN3O5. The van der Waals surface area contributed by atoms with Crippen LogP contribution in [0.3, 0.4) is 0 Å². The summed E-state index contributed by atoms with van der Waals surface area (Å²) in [6.45, 7) is 8.60. The van der Waals surface area contributed by atoms with Crippen LogP contribution in [0.25, 0.3) is 22.0 Å². The van der Waals surface area contributed by atoms with Crippen LogP contribution in [0, 0.1) is 0 Å². The number of rotatable bonds is 9. The highest BCUT2D eigenvalue weighted by Crippen LogP contribution is 2.40. The summed E-state index contributed by atoms with van der Waals surface area (Å²) in [5.74, 6) is -1.96. The van der Waals surface area contributed by atoms with Crippen molar-refractivity contribution >= 4 is 22.6 Å². The van der Waals surface area contributed by atoms with Gasteiger partial charge in [0.2, 0.25) is 5.78 Å². The van der Waals surface area contributed by atoms with Gasteiger partial charge in [-0.3, -0.25) is 9.59 Å². The predicted octanol–water partition coefficient (Wildman–Crippen LogP) is 5.33. The van der Waals surface area contributed by atoms with Gasteiger partial charge >= 0.3 is 0 Å². The number of aliphatic hydroxyl groups is 1. The SMILES string of the molecule is CC(C)n1ccc2ccc(-c3ccc(C(=O)C(=O)NC(CN4CCCC4)[C@H](O)C4=CC(F)=C5OCCOC5(C)C4)cc3)cc21. The average Bonchev–Trinajstić information content (AvgIpc) is 3.69. The largest absolute Gasteiger partial charge is 0.489 e. The number of fused-ring (bicyclic) bond motifs is 2. The molecule has 0 spiro atoms. The Morgan fingerprint density at radius 3 is 2.50 bits per heavy atom. The van der Waals surface area contributed by atoms with Gasteiger partial charge in [-0.25, -0.2) is 4.39 Å². The number of hydrogen-bond donors (Lipinski definition) is 2. The lowest BCUT2D eigenvalue weighted by molar-refractivity contribution is -0.118. The van der Waals surface area contributed by atoms with Crippen LogP contribution < -0.4 is 5.32 Å². The Morgan fingerprint density at radius 2 is 1.77 bits per heavy atom. The third-order valence-electron chi connectivity index (χ3n) is 9.00. The minimum atomic E-state index is -1.22. The predicted molar refractivity (Wildman–Crippen MR) is 167 cm³/mol. The van der Waals surface area contributed by atoms with Crippen LogP contribution in [0.15, 0.2) is 78.0 Å². The fourth-order valence-corrected chi connectivity index (χ4v) is 6.62. The Kier molecular flexibility index (Phi) is 8.46. The number of benzene rings is 2. The van der Waals surface area contributed by atoms with E-state index in [9.17, 15) is 14.7 Å². The van der Waals surface area contributed by atoms with Gasteiger partial charge in [0.15, 0.2) is 11.6 Å². The van der Waals surface area contributed by atoms with E-state index in [-0.39, 0.29) is 24.4 Å². The van der Waals surface area contributed by atoms with E-state index in [0.29, 0.717) is 24.8 Å². The zero-order valence-electron chi connectivity index (χ0n) is 25.5. The first-order valence-electron chi connectivity index (χ1n) is 15.5. The van der Waals surface area contributed by atoms with Crippen LogP contribution in [0.2, 0.25) is 0 Å². The quantitative estimate of drug-likeness (QED) is 0.255. The van der Waals surface area contributed by atoms with Crippen molar-refractivity contribution in [3.8, 4) is 11.1 Å². The van der Waals surface area contributed by atoms with Gasteiger partial charge in [0.1, 0.15) is 12.2 Å². The monoisotopic (exact) mass is 601 g/mol. The number of Topliss-reactive ketones (excluding diaryl/α,β-unsaturated/α-hetero) is 1. The van der Waals surface area contributed by atoms with E-state index in [1.54, 1.807) is 19.1 Å². The summed E-state index contributed by atoms with van der Waals surface area (Å²) in [6.07, 6.45) is 4.39. The number of allylic oxidation sites excluding steroid dienone is 2. The van der Waals surface area contributed by atoms with Gasteiger partial charge in [-0.2, -0.15) is 0 Å². The van der Waals surface area contributed by atoms with Crippen molar-refractivity contribution in [3.63, 3.8) is 0 Å². The summed E-state index contributed by atoms with van der Waals surface area (Å²) in [4.78, 5) is 28.7. The summed E-state index contributed by atoms with van der Waals surface area (Å²) in [5.41, 5.74) is 2.70.